The minimum atomic E-state index is -1.26. The predicted molar refractivity (Wildman–Crippen MR) is 42.8 cm³/mol. The van der Waals surface area contributed by atoms with Gasteiger partial charge in [-0.25, -0.2) is 0 Å². The lowest BCUT2D eigenvalue weighted by atomic mass is 11.3. The second-order valence-electron chi connectivity index (χ2n) is 1.63. The molecule has 0 saturated heterocycles. The summed E-state index contributed by atoms with van der Waals surface area (Å²) in [5.41, 5.74) is 0. The molecule has 1 nitrogen and oxygen atoms in total. The molecule has 44 valence electrons. The van der Waals surface area contributed by atoms with Crippen LogP contribution in [0.1, 0.15) is 0 Å². The maximum atomic E-state index is 5.06. The van der Waals surface area contributed by atoms with Gasteiger partial charge in [-0.05, 0) is 36.2 Å². The number of nitrogens with zero attached hydrogens (tertiary/aromatic N) is 1. The molecule has 0 heterocycles. The Morgan fingerprint density at radius 1 is 1.57 bits per heavy atom. The van der Waals surface area contributed by atoms with E-state index >= 15 is 0 Å². The van der Waals surface area contributed by atoms with Crippen molar-refractivity contribution < 1.29 is 0 Å². The Bertz CT molecular complexity index is 97.1. The van der Waals surface area contributed by atoms with E-state index in [1.807, 2.05) is 25.4 Å². The zero-order valence-corrected chi connectivity index (χ0v) is 7.98. The van der Waals surface area contributed by atoms with Gasteiger partial charge in [0.15, 0.2) is 0 Å². The normalized spacial score (nSPS) is 19.6. The molecule has 0 aromatic heterocycles. The quantitative estimate of drug-likeness (QED) is 0.597. The van der Waals surface area contributed by atoms with E-state index in [2.05, 4.69) is 15.5 Å². The third-order valence-corrected chi connectivity index (χ3v) is 5.03. The lowest BCUT2D eigenvalue weighted by molar-refractivity contribution is 0.690. The van der Waals surface area contributed by atoms with Crippen LogP contribution in [0.2, 0.25) is 0 Å². The van der Waals surface area contributed by atoms with Crippen LogP contribution in [0.3, 0.4) is 0 Å². The molecule has 1 unspecified atom stereocenters. The minimum Gasteiger partial charge on any atom is -0.273 e. The first-order chi connectivity index (χ1) is 2.94. The van der Waals surface area contributed by atoms with E-state index in [0.29, 0.717) is 0 Å². The van der Waals surface area contributed by atoms with Crippen molar-refractivity contribution in [2.45, 2.75) is 0 Å². The molecule has 0 bridgehead atoms. The second kappa shape index (κ2) is 2.58. The van der Waals surface area contributed by atoms with Gasteiger partial charge in [0.2, 0.25) is 0 Å². The average Bonchev–Trinajstić information content (AvgIpc) is 1.31. The van der Waals surface area contributed by atoms with Crippen molar-refractivity contribution in [3.63, 3.8) is 0 Å². The molecule has 1 atom stereocenters. The Balaban J connectivity index is 3.80. The van der Waals surface area contributed by atoms with Crippen LogP contribution in [0.4, 0.5) is 0 Å². The molecular weight excluding hydrogens is 193 g/mol. The van der Waals surface area contributed by atoms with Crippen molar-refractivity contribution in [3.05, 3.63) is 0 Å². The van der Waals surface area contributed by atoms with Gasteiger partial charge in [-0.2, -0.15) is 0 Å². The largest absolute Gasteiger partial charge is 0.273 e. The smallest absolute Gasteiger partial charge is 0.0731 e. The number of hydrogen-bond donors (Lipinski definition) is 0. The van der Waals surface area contributed by atoms with E-state index in [9.17, 15) is 0 Å². The van der Waals surface area contributed by atoms with Crippen LogP contribution in [0.5, 0.6) is 0 Å². The number of rotatable bonds is 1. The van der Waals surface area contributed by atoms with Crippen LogP contribution in [-0.4, -0.2) is 25.4 Å². The highest BCUT2D eigenvalue weighted by Crippen LogP contribution is 2.51. The molecule has 0 aliphatic carbocycles. The topological polar surface area (TPSA) is 3.24 Å². The average molecular weight is 202 g/mol. The zero-order valence-electron chi connectivity index (χ0n) is 4.68. The summed E-state index contributed by atoms with van der Waals surface area (Å²) in [4.78, 5) is -1.26. The molecule has 0 aliphatic rings. The standard InChI is InChI=1S/C3H9BrNPS/c1-5(2)6(3,4)7/h1-3H3. The maximum Gasteiger partial charge on any atom is 0.0731 e. The van der Waals surface area contributed by atoms with Crippen LogP contribution in [0.15, 0.2) is 0 Å². The molecule has 0 aromatic rings. The van der Waals surface area contributed by atoms with Gasteiger partial charge in [0.05, 0.1) is 4.89 Å². The first-order valence-corrected chi connectivity index (χ1v) is 7.11. The Morgan fingerprint density at radius 3 is 1.71 bits per heavy atom. The summed E-state index contributed by atoms with van der Waals surface area (Å²) >= 11 is 8.46. The van der Waals surface area contributed by atoms with Gasteiger partial charge >= 0.3 is 0 Å². The van der Waals surface area contributed by atoms with E-state index in [-0.39, 0.29) is 0 Å². The van der Waals surface area contributed by atoms with Crippen molar-refractivity contribution in [2.75, 3.05) is 20.8 Å². The molecule has 0 saturated carbocycles. The Morgan fingerprint density at radius 2 is 1.71 bits per heavy atom. The van der Waals surface area contributed by atoms with Gasteiger partial charge in [-0.3, -0.25) is 4.67 Å². The van der Waals surface area contributed by atoms with E-state index in [1.165, 1.54) is 0 Å². The van der Waals surface area contributed by atoms with Crippen LogP contribution >= 0.6 is 20.4 Å². The Labute approximate surface area is 57.9 Å². The van der Waals surface area contributed by atoms with E-state index in [0.717, 1.165) is 0 Å². The van der Waals surface area contributed by atoms with Crippen LogP contribution < -0.4 is 0 Å². The lowest BCUT2D eigenvalue weighted by Crippen LogP contribution is -2.01. The van der Waals surface area contributed by atoms with Crippen LogP contribution in [0.25, 0.3) is 0 Å². The van der Waals surface area contributed by atoms with E-state index in [4.69, 9.17) is 11.8 Å². The van der Waals surface area contributed by atoms with Crippen molar-refractivity contribution in [1.29, 1.82) is 0 Å². The maximum absolute atomic E-state index is 5.06. The molecule has 0 aromatic carbocycles. The van der Waals surface area contributed by atoms with E-state index < -0.39 is 4.89 Å². The molecule has 0 N–H and O–H groups in total. The molecule has 0 amide bonds. The number of halogens is 1. The van der Waals surface area contributed by atoms with Crippen molar-refractivity contribution >= 4 is 32.2 Å². The highest BCUT2D eigenvalue weighted by Gasteiger charge is 2.04. The highest BCUT2D eigenvalue weighted by molar-refractivity contribution is 9.43. The van der Waals surface area contributed by atoms with Gasteiger partial charge < -0.3 is 0 Å². The van der Waals surface area contributed by atoms with Crippen molar-refractivity contribution in [1.82, 2.24) is 4.67 Å². The Kier molecular flexibility index (Phi) is 2.99. The molecule has 4 heteroatoms. The second-order valence-corrected chi connectivity index (χ2v) is 11.7. The molecular formula is C3H9BrNPS. The van der Waals surface area contributed by atoms with Gasteiger partial charge in [0, 0.05) is 0 Å². The Hall–Kier alpha value is 1.09. The summed E-state index contributed by atoms with van der Waals surface area (Å²) in [6, 6.07) is 0. The fraction of sp³-hybridized carbons (Fsp3) is 1.00. The molecule has 0 aliphatic heterocycles. The molecule has 0 radical (unpaired) electrons. The summed E-state index contributed by atoms with van der Waals surface area (Å²) in [6.45, 7) is 2.03. The van der Waals surface area contributed by atoms with E-state index in [1.54, 1.807) is 0 Å². The molecule has 0 rings (SSSR count). The predicted octanol–water partition coefficient (Wildman–Crippen LogP) is 1.88. The third-order valence-electron chi connectivity index (χ3n) is 0.714. The van der Waals surface area contributed by atoms with Crippen molar-refractivity contribution in [2.24, 2.45) is 0 Å². The molecule has 0 fully saturated rings. The minimum absolute atomic E-state index is 1.26. The summed E-state index contributed by atoms with van der Waals surface area (Å²) in [5, 5.41) is 0. The molecule has 0 spiro atoms. The van der Waals surface area contributed by atoms with Crippen molar-refractivity contribution in [3.8, 4) is 0 Å². The summed E-state index contributed by atoms with van der Waals surface area (Å²) in [7, 11) is 3.96. The zero-order chi connectivity index (χ0) is 6.08. The van der Waals surface area contributed by atoms with Crippen LogP contribution in [0, 0.1) is 0 Å². The highest BCUT2D eigenvalue weighted by atomic mass is 79.9. The van der Waals surface area contributed by atoms with Gasteiger partial charge in [-0.15, -0.1) is 0 Å². The van der Waals surface area contributed by atoms with Crippen LogP contribution in [-0.2, 0) is 11.8 Å². The SMILES string of the molecule is CN(C)P(C)(=S)Br. The van der Waals surface area contributed by atoms with Gasteiger partial charge in [0.25, 0.3) is 0 Å². The number of hydrogen-bond acceptors (Lipinski definition) is 1. The summed E-state index contributed by atoms with van der Waals surface area (Å²) < 4.78 is 2.03. The van der Waals surface area contributed by atoms with Gasteiger partial charge in [0.1, 0.15) is 0 Å². The summed E-state index contributed by atoms with van der Waals surface area (Å²) in [6.07, 6.45) is 0. The molecule has 7 heavy (non-hydrogen) atoms. The lowest BCUT2D eigenvalue weighted by Gasteiger charge is -2.15. The monoisotopic (exact) mass is 201 g/mol. The summed E-state index contributed by atoms with van der Waals surface area (Å²) in [5.74, 6) is 0. The fourth-order valence-electron chi connectivity index (χ4n) is 0. The van der Waals surface area contributed by atoms with Gasteiger partial charge in [-0.1, -0.05) is 11.8 Å². The first kappa shape index (κ1) is 8.09. The fourth-order valence-corrected chi connectivity index (χ4v) is 0. The third kappa shape index (κ3) is 3.65. The first-order valence-electron chi connectivity index (χ1n) is 1.89.